The summed E-state index contributed by atoms with van der Waals surface area (Å²) in [5, 5.41) is 0. The van der Waals surface area contributed by atoms with Gasteiger partial charge < -0.3 is 9.64 Å². The monoisotopic (exact) mass is 335 g/mol. The molecular formula is C21H25N3O. The summed E-state index contributed by atoms with van der Waals surface area (Å²) in [6, 6.07) is 10.3. The van der Waals surface area contributed by atoms with Crippen molar-refractivity contribution in [2.75, 3.05) is 26.2 Å². The quantitative estimate of drug-likeness (QED) is 0.862. The van der Waals surface area contributed by atoms with Gasteiger partial charge in [-0.2, -0.15) is 0 Å². The van der Waals surface area contributed by atoms with Crippen LogP contribution in [0, 0.1) is 12.8 Å². The van der Waals surface area contributed by atoms with E-state index < -0.39 is 0 Å². The zero-order valence-corrected chi connectivity index (χ0v) is 14.9. The average molecular weight is 335 g/mol. The van der Waals surface area contributed by atoms with Gasteiger partial charge in [-0.15, -0.1) is 0 Å². The molecule has 1 atom stereocenters. The molecule has 2 aromatic rings. The molecule has 1 aromatic carbocycles. The zero-order chi connectivity index (χ0) is 16.9. The van der Waals surface area contributed by atoms with Gasteiger partial charge in [-0.05, 0) is 38.6 Å². The third-order valence-corrected chi connectivity index (χ3v) is 6.02. The van der Waals surface area contributed by atoms with Crippen molar-refractivity contribution in [3.63, 3.8) is 0 Å². The Balaban J connectivity index is 1.54. The Morgan fingerprint density at radius 1 is 1.20 bits per heavy atom. The lowest BCUT2D eigenvalue weighted by Crippen LogP contribution is -2.41. The van der Waals surface area contributed by atoms with E-state index in [4.69, 9.17) is 14.7 Å². The molecule has 3 aliphatic rings. The van der Waals surface area contributed by atoms with Gasteiger partial charge in [0.2, 0.25) is 0 Å². The number of rotatable bonds is 3. The molecule has 2 aliphatic heterocycles. The van der Waals surface area contributed by atoms with E-state index in [2.05, 4.69) is 36.1 Å². The molecule has 1 unspecified atom stereocenters. The molecule has 0 N–H and O–H groups in total. The fourth-order valence-electron chi connectivity index (χ4n) is 4.43. The van der Waals surface area contributed by atoms with E-state index in [9.17, 15) is 0 Å². The molecule has 1 saturated carbocycles. The number of hydrogen-bond acceptors (Lipinski definition) is 4. The van der Waals surface area contributed by atoms with Gasteiger partial charge in [0.25, 0.3) is 0 Å². The summed E-state index contributed by atoms with van der Waals surface area (Å²) in [5.41, 5.74) is 4.70. The molecule has 3 heterocycles. The standard InChI is InChI=1S/C21H25N3O/c1-15-18-12-25-14-21(9-10-24(13-21)11-16-7-8-16)19(18)23-20(22-15)17-5-3-2-4-6-17/h2-6,16H,7-14H2,1H3. The van der Waals surface area contributed by atoms with Crippen LogP contribution in [0.2, 0.25) is 0 Å². The first-order chi connectivity index (χ1) is 12.2. The van der Waals surface area contributed by atoms with Crippen LogP contribution in [0.1, 0.15) is 36.2 Å². The van der Waals surface area contributed by atoms with E-state index in [1.807, 2.05) is 6.07 Å². The number of likely N-dealkylation sites (tertiary alicyclic amines) is 1. The van der Waals surface area contributed by atoms with Crippen molar-refractivity contribution in [3.05, 3.63) is 47.3 Å². The van der Waals surface area contributed by atoms with Crippen LogP contribution >= 0.6 is 0 Å². The average Bonchev–Trinajstić information content (AvgIpc) is 3.36. The van der Waals surface area contributed by atoms with Crippen LogP contribution in [0.3, 0.4) is 0 Å². The van der Waals surface area contributed by atoms with Gasteiger partial charge in [0.05, 0.1) is 24.3 Å². The van der Waals surface area contributed by atoms with Gasteiger partial charge in [0, 0.05) is 29.9 Å². The molecule has 25 heavy (non-hydrogen) atoms. The van der Waals surface area contributed by atoms with Crippen molar-refractivity contribution in [3.8, 4) is 11.4 Å². The molecule has 1 aliphatic carbocycles. The molecule has 1 saturated heterocycles. The zero-order valence-electron chi connectivity index (χ0n) is 14.9. The van der Waals surface area contributed by atoms with Crippen molar-refractivity contribution in [2.45, 2.75) is 38.2 Å². The molecule has 1 aromatic heterocycles. The second kappa shape index (κ2) is 5.89. The lowest BCUT2D eigenvalue weighted by atomic mass is 9.80. The molecule has 4 heteroatoms. The number of aryl methyl sites for hydroxylation is 1. The fourth-order valence-corrected chi connectivity index (χ4v) is 4.43. The summed E-state index contributed by atoms with van der Waals surface area (Å²) in [6.45, 7) is 7.07. The first kappa shape index (κ1) is 15.5. The fraction of sp³-hybridized carbons (Fsp3) is 0.524. The SMILES string of the molecule is Cc1nc(-c2ccccc2)nc2c1COCC21CCN(CC2CC2)C1. The molecule has 4 nitrogen and oxygen atoms in total. The van der Waals surface area contributed by atoms with Gasteiger partial charge >= 0.3 is 0 Å². The minimum absolute atomic E-state index is 0.0553. The second-order valence-electron chi connectivity index (χ2n) is 8.03. The van der Waals surface area contributed by atoms with Crippen molar-refractivity contribution in [2.24, 2.45) is 5.92 Å². The van der Waals surface area contributed by atoms with Crippen molar-refractivity contribution < 1.29 is 4.74 Å². The van der Waals surface area contributed by atoms with Gasteiger partial charge in [0.15, 0.2) is 5.82 Å². The Kier molecular flexibility index (Phi) is 3.64. The third-order valence-electron chi connectivity index (χ3n) is 6.02. The highest BCUT2D eigenvalue weighted by atomic mass is 16.5. The predicted molar refractivity (Wildman–Crippen MR) is 97.3 cm³/mol. The Morgan fingerprint density at radius 2 is 2.04 bits per heavy atom. The molecule has 0 amide bonds. The maximum absolute atomic E-state index is 6.02. The third kappa shape index (κ3) is 2.77. The molecule has 0 bridgehead atoms. The van der Waals surface area contributed by atoms with Crippen molar-refractivity contribution in [1.29, 1.82) is 0 Å². The van der Waals surface area contributed by atoms with Gasteiger partial charge in [-0.3, -0.25) is 0 Å². The normalized spacial score (nSPS) is 26.1. The highest BCUT2D eigenvalue weighted by Crippen LogP contribution is 2.42. The van der Waals surface area contributed by atoms with Crippen LogP contribution < -0.4 is 0 Å². The van der Waals surface area contributed by atoms with Gasteiger partial charge in [-0.1, -0.05) is 30.3 Å². The van der Waals surface area contributed by atoms with E-state index in [0.29, 0.717) is 6.61 Å². The topological polar surface area (TPSA) is 38.3 Å². The maximum Gasteiger partial charge on any atom is 0.159 e. The van der Waals surface area contributed by atoms with Crippen molar-refractivity contribution in [1.82, 2.24) is 14.9 Å². The predicted octanol–water partition coefficient (Wildman–Crippen LogP) is 3.34. The number of nitrogens with zero attached hydrogens (tertiary/aromatic N) is 3. The van der Waals surface area contributed by atoms with E-state index in [1.165, 1.54) is 37.2 Å². The van der Waals surface area contributed by atoms with Gasteiger partial charge in [-0.25, -0.2) is 9.97 Å². The lowest BCUT2D eigenvalue weighted by molar-refractivity contribution is 0.0499. The van der Waals surface area contributed by atoms with Crippen LogP contribution in [0.5, 0.6) is 0 Å². The van der Waals surface area contributed by atoms with Crippen LogP contribution in [0.4, 0.5) is 0 Å². The van der Waals surface area contributed by atoms with Crippen LogP contribution in [0.25, 0.3) is 11.4 Å². The highest BCUT2D eigenvalue weighted by molar-refractivity contribution is 5.56. The Hall–Kier alpha value is -1.78. The lowest BCUT2D eigenvalue weighted by Gasteiger charge is -2.35. The van der Waals surface area contributed by atoms with Crippen LogP contribution in [-0.4, -0.2) is 41.1 Å². The first-order valence-corrected chi connectivity index (χ1v) is 9.47. The summed E-state index contributed by atoms with van der Waals surface area (Å²) in [7, 11) is 0. The number of ether oxygens (including phenoxy) is 1. The van der Waals surface area contributed by atoms with E-state index in [0.717, 1.165) is 42.6 Å². The number of fused-ring (bicyclic) bond motifs is 2. The molecule has 5 rings (SSSR count). The largest absolute Gasteiger partial charge is 0.376 e. The Bertz CT molecular complexity index is 787. The minimum Gasteiger partial charge on any atom is -0.376 e. The first-order valence-electron chi connectivity index (χ1n) is 9.47. The summed E-state index contributed by atoms with van der Waals surface area (Å²) >= 11 is 0. The number of benzene rings is 1. The molecule has 0 radical (unpaired) electrons. The van der Waals surface area contributed by atoms with Crippen LogP contribution in [0.15, 0.2) is 30.3 Å². The number of aromatic nitrogens is 2. The number of hydrogen-bond donors (Lipinski definition) is 0. The van der Waals surface area contributed by atoms with Crippen molar-refractivity contribution >= 4 is 0 Å². The molecule has 130 valence electrons. The van der Waals surface area contributed by atoms with Gasteiger partial charge in [0.1, 0.15) is 0 Å². The maximum atomic E-state index is 6.02. The molecule has 2 fully saturated rings. The summed E-state index contributed by atoms with van der Waals surface area (Å²) < 4.78 is 6.02. The highest BCUT2D eigenvalue weighted by Gasteiger charge is 2.46. The second-order valence-corrected chi connectivity index (χ2v) is 8.03. The van der Waals surface area contributed by atoms with Crippen LogP contribution in [-0.2, 0) is 16.8 Å². The Morgan fingerprint density at radius 3 is 2.84 bits per heavy atom. The summed E-state index contributed by atoms with van der Waals surface area (Å²) in [5.74, 6) is 1.80. The van der Waals surface area contributed by atoms with E-state index >= 15 is 0 Å². The molecule has 1 spiro atoms. The Labute approximate surface area is 149 Å². The van der Waals surface area contributed by atoms with E-state index in [-0.39, 0.29) is 5.41 Å². The summed E-state index contributed by atoms with van der Waals surface area (Å²) in [6.07, 6.45) is 3.98. The van der Waals surface area contributed by atoms with E-state index in [1.54, 1.807) is 0 Å². The molecular weight excluding hydrogens is 310 g/mol. The smallest absolute Gasteiger partial charge is 0.159 e. The minimum atomic E-state index is 0.0553. The summed E-state index contributed by atoms with van der Waals surface area (Å²) in [4.78, 5) is 12.5.